The van der Waals surface area contributed by atoms with Crippen molar-refractivity contribution in [3.8, 4) is 0 Å². The molecule has 37 heavy (non-hydrogen) atoms. The van der Waals surface area contributed by atoms with E-state index in [0.717, 1.165) is 47.5 Å². The SMILES string of the molecule is CC(=C1c2ccccc2CCc2cc(Cn3c(C4CC4)nc4c(C)ccnc43)ccc21)c1noc(=O)[nH]1. The van der Waals surface area contributed by atoms with Crippen molar-refractivity contribution in [2.75, 3.05) is 0 Å². The van der Waals surface area contributed by atoms with Gasteiger partial charge in [-0.1, -0.05) is 47.6 Å². The van der Waals surface area contributed by atoms with Gasteiger partial charge >= 0.3 is 5.76 Å². The van der Waals surface area contributed by atoms with Gasteiger partial charge in [-0.15, -0.1) is 0 Å². The number of pyridine rings is 1. The number of aromatic nitrogens is 5. The van der Waals surface area contributed by atoms with Crippen LogP contribution in [0.5, 0.6) is 0 Å². The van der Waals surface area contributed by atoms with Crippen molar-refractivity contribution in [2.45, 2.75) is 52.0 Å². The topological polar surface area (TPSA) is 89.6 Å². The summed E-state index contributed by atoms with van der Waals surface area (Å²) in [6, 6.07) is 17.3. The summed E-state index contributed by atoms with van der Waals surface area (Å²) in [5.74, 6) is 1.61. The Kier molecular flexibility index (Phi) is 4.99. The number of hydrogen-bond donors (Lipinski definition) is 1. The number of allylic oxidation sites excluding steroid dienone is 1. The zero-order valence-corrected chi connectivity index (χ0v) is 20.9. The second-order valence-corrected chi connectivity index (χ2v) is 10.2. The molecule has 3 heterocycles. The molecule has 5 aromatic rings. The Bertz CT molecular complexity index is 1770. The molecule has 7 nitrogen and oxygen atoms in total. The predicted molar refractivity (Wildman–Crippen MR) is 142 cm³/mol. The van der Waals surface area contributed by atoms with Gasteiger partial charge in [-0.2, -0.15) is 0 Å². The van der Waals surface area contributed by atoms with Gasteiger partial charge in [0, 0.05) is 17.7 Å². The molecule has 0 bridgehead atoms. The highest BCUT2D eigenvalue weighted by molar-refractivity contribution is 5.98. The van der Waals surface area contributed by atoms with Crippen molar-refractivity contribution in [3.63, 3.8) is 0 Å². The van der Waals surface area contributed by atoms with Crippen LogP contribution in [0.25, 0.3) is 22.3 Å². The molecule has 0 aliphatic heterocycles. The summed E-state index contributed by atoms with van der Waals surface area (Å²) in [4.78, 5) is 24.2. The van der Waals surface area contributed by atoms with E-state index >= 15 is 0 Å². The minimum atomic E-state index is -0.546. The zero-order valence-electron chi connectivity index (χ0n) is 20.9. The van der Waals surface area contributed by atoms with Crippen molar-refractivity contribution in [2.24, 2.45) is 0 Å². The summed E-state index contributed by atoms with van der Waals surface area (Å²) in [5.41, 5.74) is 11.3. The van der Waals surface area contributed by atoms with E-state index in [2.05, 4.69) is 64.1 Å². The van der Waals surface area contributed by atoms with Crippen LogP contribution in [0, 0.1) is 6.92 Å². The Morgan fingerprint density at radius 1 is 1.08 bits per heavy atom. The number of aromatic amines is 1. The Balaban J connectivity index is 1.36. The summed E-state index contributed by atoms with van der Waals surface area (Å²) in [7, 11) is 0. The highest BCUT2D eigenvalue weighted by Crippen LogP contribution is 2.42. The number of imidazole rings is 1. The molecule has 2 aromatic carbocycles. The maximum Gasteiger partial charge on any atom is 0.439 e. The smallest absolute Gasteiger partial charge is 0.308 e. The van der Waals surface area contributed by atoms with Gasteiger partial charge < -0.3 is 4.57 Å². The molecule has 0 unspecified atom stereocenters. The van der Waals surface area contributed by atoms with Gasteiger partial charge in [-0.3, -0.25) is 9.51 Å². The highest BCUT2D eigenvalue weighted by atomic mass is 16.5. The van der Waals surface area contributed by atoms with Crippen LogP contribution in [0.3, 0.4) is 0 Å². The van der Waals surface area contributed by atoms with E-state index in [9.17, 15) is 4.79 Å². The number of hydrogen-bond acceptors (Lipinski definition) is 5. The first-order valence-corrected chi connectivity index (χ1v) is 12.9. The summed E-state index contributed by atoms with van der Waals surface area (Å²) in [6.07, 6.45) is 6.16. The normalized spacial score (nSPS) is 16.4. The van der Waals surface area contributed by atoms with Crippen LogP contribution in [0.15, 0.2) is 64.0 Å². The van der Waals surface area contributed by atoms with Crippen LogP contribution in [0.4, 0.5) is 0 Å². The third-order valence-electron chi connectivity index (χ3n) is 7.71. The van der Waals surface area contributed by atoms with Crippen LogP contribution in [-0.4, -0.2) is 24.7 Å². The molecule has 0 spiro atoms. The fourth-order valence-corrected chi connectivity index (χ4v) is 5.65. The van der Waals surface area contributed by atoms with Crippen molar-refractivity contribution in [1.29, 1.82) is 0 Å². The molecular formula is C30H27N5O2. The molecule has 0 saturated heterocycles. The summed E-state index contributed by atoms with van der Waals surface area (Å²) < 4.78 is 7.15. The quantitative estimate of drug-likeness (QED) is 0.364. The largest absolute Gasteiger partial charge is 0.439 e. The zero-order chi connectivity index (χ0) is 25.1. The van der Waals surface area contributed by atoms with Gasteiger partial charge in [-0.25, -0.2) is 14.8 Å². The molecule has 2 aliphatic rings. The first-order chi connectivity index (χ1) is 18.1. The van der Waals surface area contributed by atoms with Crippen LogP contribution in [-0.2, 0) is 19.4 Å². The molecule has 184 valence electrons. The fourth-order valence-electron chi connectivity index (χ4n) is 5.65. The summed E-state index contributed by atoms with van der Waals surface area (Å²) >= 11 is 0. The molecule has 0 amide bonds. The van der Waals surface area contributed by atoms with Crippen molar-refractivity contribution in [1.82, 2.24) is 24.7 Å². The number of benzene rings is 2. The maximum absolute atomic E-state index is 11.7. The number of fused-ring (bicyclic) bond motifs is 3. The van der Waals surface area contributed by atoms with E-state index in [4.69, 9.17) is 14.5 Å². The number of H-pyrrole nitrogens is 1. The minimum absolute atomic E-state index is 0.465. The van der Waals surface area contributed by atoms with Crippen LogP contribution in [0.2, 0.25) is 0 Å². The van der Waals surface area contributed by atoms with Crippen LogP contribution in [0.1, 0.15) is 70.7 Å². The Labute approximate surface area is 213 Å². The monoisotopic (exact) mass is 489 g/mol. The van der Waals surface area contributed by atoms with Gasteiger partial charge in [0.2, 0.25) is 0 Å². The minimum Gasteiger partial charge on any atom is -0.308 e. The molecule has 0 atom stereocenters. The van der Waals surface area contributed by atoms with E-state index in [1.807, 2.05) is 19.2 Å². The Morgan fingerprint density at radius 2 is 1.89 bits per heavy atom. The van der Waals surface area contributed by atoms with Crippen LogP contribution < -0.4 is 5.76 Å². The van der Waals surface area contributed by atoms with Gasteiger partial charge in [0.15, 0.2) is 11.5 Å². The van der Waals surface area contributed by atoms with Crippen molar-refractivity contribution >= 4 is 22.3 Å². The predicted octanol–water partition coefficient (Wildman–Crippen LogP) is 5.42. The van der Waals surface area contributed by atoms with E-state index in [0.29, 0.717) is 11.7 Å². The third-order valence-corrected chi connectivity index (χ3v) is 7.71. The van der Waals surface area contributed by atoms with E-state index in [1.165, 1.54) is 46.2 Å². The van der Waals surface area contributed by atoms with E-state index in [-0.39, 0.29) is 0 Å². The molecular weight excluding hydrogens is 462 g/mol. The third kappa shape index (κ3) is 3.73. The lowest BCUT2D eigenvalue weighted by Crippen LogP contribution is -2.06. The van der Waals surface area contributed by atoms with Gasteiger partial charge in [0.25, 0.3) is 0 Å². The lowest BCUT2D eigenvalue weighted by Gasteiger charge is -2.16. The van der Waals surface area contributed by atoms with Crippen molar-refractivity contribution < 1.29 is 4.52 Å². The van der Waals surface area contributed by atoms with E-state index in [1.54, 1.807) is 0 Å². The molecule has 1 fully saturated rings. The Hall–Kier alpha value is -4.26. The first-order valence-electron chi connectivity index (χ1n) is 12.9. The second-order valence-electron chi connectivity index (χ2n) is 10.2. The van der Waals surface area contributed by atoms with Gasteiger partial charge in [0.1, 0.15) is 11.3 Å². The molecule has 1 N–H and O–H groups in total. The van der Waals surface area contributed by atoms with Crippen molar-refractivity contribution in [3.05, 3.63) is 110 Å². The number of nitrogens with zero attached hydrogens (tertiary/aromatic N) is 4. The average molecular weight is 490 g/mol. The number of nitrogens with one attached hydrogen (secondary N) is 1. The lowest BCUT2D eigenvalue weighted by molar-refractivity contribution is 0.385. The molecule has 7 heteroatoms. The van der Waals surface area contributed by atoms with Gasteiger partial charge in [-0.05, 0) is 84.6 Å². The van der Waals surface area contributed by atoms with Gasteiger partial charge in [0.05, 0.1) is 6.54 Å². The average Bonchev–Trinajstić information content (AvgIpc) is 3.59. The molecule has 2 aliphatic carbocycles. The Morgan fingerprint density at radius 3 is 2.70 bits per heavy atom. The standard InChI is InChI=1S/C30H27N5O2/c1-17-13-14-31-29-26(17)32-28(21-9-10-21)35(29)16-19-7-12-24-22(15-19)11-8-20-5-3-4-6-23(20)25(24)18(2)27-33-30(36)37-34-27/h3-7,12-15,21H,8-11,16H2,1-2H3,(H,33,34,36). The summed E-state index contributed by atoms with van der Waals surface area (Å²) in [6.45, 7) is 4.85. The lowest BCUT2D eigenvalue weighted by atomic mass is 9.89. The number of rotatable bonds is 4. The molecule has 7 rings (SSSR count). The molecule has 1 saturated carbocycles. The fraction of sp³-hybridized carbons (Fsp3) is 0.267. The van der Waals surface area contributed by atoms with Crippen LogP contribution >= 0.6 is 0 Å². The number of aryl methyl sites for hydroxylation is 3. The first kappa shape index (κ1) is 22.0. The van der Waals surface area contributed by atoms with E-state index < -0.39 is 5.76 Å². The molecule has 0 radical (unpaired) electrons. The maximum atomic E-state index is 11.7. The molecule has 3 aromatic heterocycles. The summed E-state index contributed by atoms with van der Waals surface area (Å²) in [5, 5.41) is 3.98. The second kappa shape index (κ2) is 8.40. The highest BCUT2D eigenvalue weighted by Gasteiger charge is 2.30.